The van der Waals surface area contributed by atoms with E-state index in [9.17, 15) is 4.79 Å². The molecular weight excluding hydrogens is 450 g/mol. The van der Waals surface area contributed by atoms with Crippen LogP contribution in [0.15, 0.2) is 54.2 Å². The molecule has 1 amide bonds. The molecule has 0 atom stereocenters. The molecule has 0 unspecified atom stereocenters. The van der Waals surface area contributed by atoms with Gasteiger partial charge in [-0.3, -0.25) is 13.6 Å². The lowest BCUT2D eigenvalue weighted by Gasteiger charge is -2.05. The molecular formula is C25H17N5OS2. The highest BCUT2D eigenvalue weighted by Gasteiger charge is 2.28. The minimum Gasteiger partial charge on any atom is -0.321 e. The standard InChI is InChI=1S/C25H17N5OS2/c1-13-12-30-19(21(28-25(30)33-13)22-14(2)26-24-29(22)9-10-32-24)11-18-17-8-7-15-5-3-4-6-16(15)20(17)27-23(18)31/h3-12H,1-2H3,(H,27,31). The number of imidazole rings is 2. The number of anilines is 1. The molecule has 8 heteroatoms. The van der Waals surface area contributed by atoms with Gasteiger partial charge in [-0.05, 0) is 25.3 Å². The normalized spacial score (nSPS) is 14.7. The monoisotopic (exact) mass is 467 g/mol. The lowest BCUT2D eigenvalue weighted by Crippen LogP contribution is -2.04. The number of carbonyl (C=O) groups is 1. The van der Waals surface area contributed by atoms with E-state index in [1.54, 1.807) is 22.7 Å². The number of fused-ring (bicyclic) bond motifs is 5. The van der Waals surface area contributed by atoms with E-state index in [2.05, 4.69) is 39.4 Å². The summed E-state index contributed by atoms with van der Waals surface area (Å²) in [6.45, 7) is 4.08. The molecule has 0 radical (unpaired) electrons. The summed E-state index contributed by atoms with van der Waals surface area (Å²) in [5.41, 5.74) is 6.03. The van der Waals surface area contributed by atoms with Gasteiger partial charge in [-0.15, -0.1) is 22.7 Å². The van der Waals surface area contributed by atoms with Gasteiger partial charge in [0.05, 0.1) is 28.3 Å². The van der Waals surface area contributed by atoms with Gasteiger partial charge in [0.2, 0.25) is 0 Å². The Morgan fingerprint density at radius 3 is 2.82 bits per heavy atom. The van der Waals surface area contributed by atoms with Crippen LogP contribution in [-0.4, -0.2) is 24.7 Å². The Hall–Kier alpha value is -3.75. The second kappa shape index (κ2) is 6.63. The van der Waals surface area contributed by atoms with Gasteiger partial charge >= 0.3 is 0 Å². The maximum Gasteiger partial charge on any atom is 0.256 e. The van der Waals surface area contributed by atoms with Gasteiger partial charge in [-0.1, -0.05) is 36.4 Å². The second-order valence-electron chi connectivity index (χ2n) is 8.16. The van der Waals surface area contributed by atoms with Crippen LogP contribution in [0.5, 0.6) is 0 Å². The largest absolute Gasteiger partial charge is 0.321 e. The van der Waals surface area contributed by atoms with Crippen molar-refractivity contribution in [3.8, 4) is 11.4 Å². The molecule has 2 aromatic carbocycles. The molecule has 6 nitrogen and oxygen atoms in total. The first-order chi connectivity index (χ1) is 16.1. The first-order valence-corrected chi connectivity index (χ1v) is 12.2. The van der Waals surface area contributed by atoms with Gasteiger partial charge < -0.3 is 5.32 Å². The molecule has 0 spiro atoms. The fraction of sp³-hybridized carbons (Fsp3) is 0.0800. The molecule has 1 aliphatic heterocycles. The predicted octanol–water partition coefficient (Wildman–Crippen LogP) is 6.03. The quantitative estimate of drug-likeness (QED) is 0.316. The molecule has 160 valence electrons. The van der Waals surface area contributed by atoms with Gasteiger partial charge in [-0.2, -0.15) is 0 Å². The van der Waals surface area contributed by atoms with E-state index in [4.69, 9.17) is 9.97 Å². The maximum absolute atomic E-state index is 13.2. The third-order valence-electron chi connectivity index (χ3n) is 6.12. The highest BCUT2D eigenvalue weighted by Crippen LogP contribution is 2.40. The van der Waals surface area contributed by atoms with E-state index in [1.807, 2.05) is 48.8 Å². The fourth-order valence-corrected chi connectivity index (χ4v) is 6.27. The predicted molar refractivity (Wildman–Crippen MR) is 135 cm³/mol. The Morgan fingerprint density at radius 2 is 1.91 bits per heavy atom. The Labute approximate surface area is 196 Å². The van der Waals surface area contributed by atoms with E-state index in [0.717, 1.165) is 59.6 Å². The van der Waals surface area contributed by atoms with Crippen molar-refractivity contribution in [2.45, 2.75) is 13.8 Å². The van der Waals surface area contributed by atoms with E-state index >= 15 is 0 Å². The number of carbonyl (C=O) groups excluding carboxylic acids is 1. The zero-order valence-electron chi connectivity index (χ0n) is 17.8. The van der Waals surface area contributed by atoms with Crippen molar-refractivity contribution in [2.24, 2.45) is 0 Å². The smallest absolute Gasteiger partial charge is 0.256 e. The zero-order chi connectivity index (χ0) is 22.3. The first kappa shape index (κ1) is 18.8. The number of aryl methyl sites for hydroxylation is 2. The number of nitrogens with zero attached hydrogens (tertiary/aromatic N) is 4. The Balaban J connectivity index is 1.52. The van der Waals surface area contributed by atoms with Crippen molar-refractivity contribution in [1.82, 2.24) is 18.8 Å². The van der Waals surface area contributed by atoms with E-state index in [-0.39, 0.29) is 5.91 Å². The van der Waals surface area contributed by atoms with Crippen LogP contribution in [0, 0.1) is 13.8 Å². The summed E-state index contributed by atoms with van der Waals surface area (Å²) in [6, 6.07) is 12.2. The number of nitrogens with one attached hydrogen (secondary N) is 1. The van der Waals surface area contributed by atoms with Crippen LogP contribution in [0.2, 0.25) is 0 Å². The Kier molecular flexibility index (Phi) is 3.77. The molecule has 4 aromatic heterocycles. The molecule has 1 N–H and O–H groups in total. The third kappa shape index (κ3) is 2.62. The number of hydrogen-bond donors (Lipinski definition) is 1. The molecule has 1 aliphatic rings. The molecule has 6 aromatic rings. The summed E-state index contributed by atoms with van der Waals surface area (Å²) >= 11 is 3.24. The molecule has 0 bridgehead atoms. The van der Waals surface area contributed by atoms with Crippen LogP contribution in [0.25, 0.3) is 43.7 Å². The molecule has 7 rings (SSSR count). The maximum atomic E-state index is 13.2. The Bertz CT molecular complexity index is 1800. The number of benzene rings is 2. The van der Waals surface area contributed by atoms with Crippen molar-refractivity contribution in [3.05, 3.63) is 76.0 Å². The summed E-state index contributed by atoms with van der Waals surface area (Å²) in [5, 5.41) is 7.27. The highest BCUT2D eigenvalue weighted by molar-refractivity contribution is 7.17. The molecule has 33 heavy (non-hydrogen) atoms. The van der Waals surface area contributed by atoms with Gasteiger partial charge in [-0.25, -0.2) is 9.97 Å². The van der Waals surface area contributed by atoms with E-state index < -0.39 is 0 Å². The van der Waals surface area contributed by atoms with Crippen LogP contribution in [0.1, 0.15) is 21.8 Å². The van der Waals surface area contributed by atoms with Crippen molar-refractivity contribution in [1.29, 1.82) is 0 Å². The van der Waals surface area contributed by atoms with Gasteiger partial charge in [0, 0.05) is 33.6 Å². The van der Waals surface area contributed by atoms with E-state index in [1.165, 1.54) is 0 Å². The average molecular weight is 468 g/mol. The fourth-order valence-electron chi connectivity index (χ4n) is 4.68. The first-order valence-electron chi connectivity index (χ1n) is 10.5. The van der Waals surface area contributed by atoms with Gasteiger partial charge in [0.15, 0.2) is 9.92 Å². The molecule has 5 heterocycles. The van der Waals surface area contributed by atoms with Crippen molar-refractivity contribution in [3.63, 3.8) is 0 Å². The van der Waals surface area contributed by atoms with E-state index in [0.29, 0.717) is 5.57 Å². The summed E-state index contributed by atoms with van der Waals surface area (Å²) in [7, 11) is 0. The molecule has 0 saturated carbocycles. The zero-order valence-corrected chi connectivity index (χ0v) is 19.4. The molecule has 0 aliphatic carbocycles. The van der Waals surface area contributed by atoms with Crippen molar-refractivity contribution in [2.75, 3.05) is 5.32 Å². The lowest BCUT2D eigenvalue weighted by molar-refractivity contribution is -0.110. The van der Waals surface area contributed by atoms with Crippen LogP contribution >= 0.6 is 22.7 Å². The van der Waals surface area contributed by atoms with Crippen molar-refractivity contribution >= 4 is 66.6 Å². The number of thiazole rings is 2. The second-order valence-corrected chi connectivity index (χ2v) is 10.2. The highest BCUT2D eigenvalue weighted by atomic mass is 32.1. The van der Waals surface area contributed by atoms with Crippen LogP contribution in [0.4, 0.5) is 5.69 Å². The summed E-state index contributed by atoms with van der Waals surface area (Å²) < 4.78 is 4.16. The van der Waals surface area contributed by atoms with Crippen LogP contribution < -0.4 is 5.32 Å². The van der Waals surface area contributed by atoms with Crippen LogP contribution in [0.3, 0.4) is 0 Å². The Morgan fingerprint density at radius 1 is 1.03 bits per heavy atom. The topological polar surface area (TPSA) is 63.7 Å². The van der Waals surface area contributed by atoms with Crippen LogP contribution in [-0.2, 0) is 4.79 Å². The third-order valence-corrected chi connectivity index (χ3v) is 7.78. The lowest BCUT2D eigenvalue weighted by atomic mass is 10.0. The molecule has 0 fully saturated rings. The number of rotatable bonds is 2. The van der Waals surface area contributed by atoms with Gasteiger partial charge in [0.25, 0.3) is 5.91 Å². The number of hydrogen-bond acceptors (Lipinski definition) is 5. The number of aromatic nitrogens is 4. The minimum absolute atomic E-state index is 0.0973. The van der Waals surface area contributed by atoms with Gasteiger partial charge in [0.1, 0.15) is 5.69 Å². The minimum atomic E-state index is -0.0973. The average Bonchev–Trinajstić information content (AvgIpc) is 3.58. The van der Waals surface area contributed by atoms with Crippen molar-refractivity contribution < 1.29 is 4.79 Å². The summed E-state index contributed by atoms with van der Waals surface area (Å²) in [4.78, 5) is 25.9. The summed E-state index contributed by atoms with van der Waals surface area (Å²) in [6.07, 6.45) is 6.08. The number of amides is 1. The SMILES string of the molecule is Cc1cn2c(C=C3C(=O)Nc4c3ccc3ccccc43)c(-c3c(C)nc4sccn34)nc2s1. The molecule has 0 saturated heterocycles. The summed E-state index contributed by atoms with van der Waals surface area (Å²) in [5.74, 6) is -0.0973.